The molecule has 1 fully saturated rings. The van der Waals surface area contributed by atoms with Gasteiger partial charge in [-0.1, -0.05) is 6.92 Å². The van der Waals surface area contributed by atoms with E-state index in [0.717, 1.165) is 18.6 Å². The van der Waals surface area contributed by atoms with Crippen LogP contribution in [-0.2, 0) is 7.05 Å². The number of aromatic nitrogens is 2. The molecule has 1 aliphatic rings. The molecule has 1 aromatic heterocycles. The highest BCUT2D eigenvalue weighted by Gasteiger charge is 2.28. The summed E-state index contributed by atoms with van der Waals surface area (Å²) in [7, 11) is 1.77. The van der Waals surface area contributed by atoms with Gasteiger partial charge in [0, 0.05) is 18.3 Å². The van der Waals surface area contributed by atoms with Crippen molar-refractivity contribution in [2.75, 3.05) is 11.1 Å². The molecule has 1 saturated carbocycles. The molecule has 1 heterocycles. The van der Waals surface area contributed by atoms with Gasteiger partial charge in [-0.25, -0.2) is 0 Å². The molecular weight excluding hydrogens is 252 g/mol. The lowest BCUT2D eigenvalue weighted by atomic mass is 10.2. The second kappa shape index (κ2) is 5.60. The lowest BCUT2D eigenvalue weighted by Crippen LogP contribution is -2.18. The van der Waals surface area contributed by atoms with Crippen LogP contribution in [0.3, 0.4) is 0 Å². The second-order valence-electron chi connectivity index (χ2n) is 4.52. The van der Waals surface area contributed by atoms with Gasteiger partial charge in [-0.15, -0.1) is 0 Å². The molecule has 2 unspecified atom stereocenters. The van der Waals surface area contributed by atoms with Crippen molar-refractivity contribution >= 4 is 23.4 Å². The molecule has 0 saturated heterocycles. The zero-order valence-electron chi connectivity index (χ0n) is 10.6. The number of hydrogen-bond donors (Lipinski definition) is 1. The number of nitrogens with zero attached hydrogens (tertiary/aromatic N) is 3. The Hall–Kier alpha value is -1.24. The van der Waals surface area contributed by atoms with Crippen LogP contribution in [0.25, 0.3) is 0 Å². The van der Waals surface area contributed by atoms with Crippen molar-refractivity contribution in [1.82, 2.24) is 9.55 Å². The molecule has 0 aliphatic heterocycles. The van der Waals surface area contributed by atoms with E-state index in [4.69, 9.17) is 0 Å². The Bertz CT molecular complexity index is 435. The van der Waals surface area contributed by atoms with Crippen LogP contribution in [0.1, 0.15) is 26.2 Å². The van der Waals surface area contributed by atoms with E-state index in [1.165, 1.54) is 12.7 Å². The van der Waals surface area contributed by atoms with Gasteiger partial charge in [0.25, 0.3) is 0 Å². The van der Waals surface area contributed by atoms with Crippen molar-refractivity contribution in [3.8, 4) is 0 Å². The SMILES string of the molecule is CCSC1CCC(Nc2c([N+](=O)[O-])ncn2C)C1. The third-order valence-corrected chi connectivity index (χ3v) is 4.45. The zero-order chi connectivity index (χ0) is 13.1. The number of nitrogens with one attached hydrogen (secondary N) is 1. The molecular formula is C11H18N4O2S. The molecule has 1 aliphatic carbocycles. The number of anilines is 1. The van der Waals surface area contributed by atoms with Gasteiger partial charge < -0.3 is 15.4 Å². The van der Waals surface area contributed by atoms with Gasteiger partial charge >= 0.3 is 5.82 Å². The van der Waals surface area contributed by atoms with E-state index in [2.05, 4.69) is 17.2 Å². The van der Waals surface area contributed by atoms with Gasteiger partial charge in [-0.3, -0.25) is 4.57 Å². The largest absolute Gasteiger partial charge is 0.406 e. The minimum atomic E-state index is -0.435. The van der Waals surface area contributed by atoms with Crippen LogP contribution < -0.4 is 5.32 Å². The maximum atomic E-state index is 10.9. The van der Waals surface area contributed by atoms with Crippen molar-refractivity contribution in [2.24, 2.45) is 7.05 Å². The average molecular weight is 270 g/mol. The maximum absolute atomic E-state index is 10.9. The van der Waals surface area contributed by atoms with E-state index in [0.29, 0.717) is 17.1 Å². The highest BCUT2D eigenvalue weighted by molar-refractivity contribution is 7.99. The second-order valence-corrected chi connectivity index (χ2v) is 6.09. The molecule has 0 radical (unpaired) electrons. The molecule has 0 spiro atoms. The van der Waals surface area contributed by atoms with Crippen LogP contribution in [0.15, 0.2) is 6.33 Å². The highest BCUT2D eigenvalue weighted by atomic mass is 32.2. The van der Waals surface area contributed by atoms with Crippen LogP contribution in [0, 0.1) is 10.1 Å². The van der Waals surface area contributed by atoms with E-state index in [1.807, 2.05) is 11.8 Å². The monoisotopic (exact) mass is 270 g/mol. The van der Waals surface area contributed by atoms with E-state index in [-0.39, 0.29) is 5.82 Å². The molecule has 18 heavy (non-hydrogen) atoms. The summed E-state index contributed by atoms with van der Waals surface area (Å²) in [5, 5.41) is 14.8. The number of imidazole rings is 1. The van der Waals surface area contributed by atoms with Gasteiger partial charge in [0.05, 0.1) is 0 Å². The van der Waals surface area contributed by atoms with E-state index in [1.54, 1.807) is 11.6 Å². The van der Waals surface area contributed by atoms with Crippen molar-refractivity contribution in [2.45, 2.75) is 37.5 Å². The summed E-state index contributed by atoms with van der Waals surface area (Å²) in [6.07, 6.45) is 4.80. The Morgan fingerprint density at radius 3 is 3.11 bits per heavy atom. The third kappa shape index (κ3) is 2.77. The molecule has 2 rings (SSSR count). The number of rotatable bonds is 5. The predicted octanol–water partition coefficient (Wildman–Crippen LogP) is 2.41. The minimum absolute atomic E-state index is 0.0795. The fourth-order valence-electron chi connectivity index (χ4n) is 2.37. The van der Waals surface area contributed by atoms with Gasteiger partial charge in [-0.2, -0.15) is 11.8 Å². The van der Waals surface area contributed by atoms with Crippen molar-refractivity contribution in [3.63, 3.8) is 0 Å². The van der Waals surface area contributed by atoms with Crippen LogP contribution in [0.5, 0.6) is 0 Å². The normalized spacial score (nSPS) is 23.2. The Morgan fingerprint density at radius 2 is 2.44 bits per heavy atom. The summed E-state index contributed by atoms with van der Waals surface area (Å²) in [6.45, 7) is 2.16. The molecule has 6 nitrogen and oxygen atoms in total. The van der Waals surface area contributed by atoms with E-state index >= 15 is 0 Å². The first kappa shape index (κ1) is 13.2. The first-order chi connectivity index (χ1) is 8.61. The first-order valence-corrected chi connectivity index (χ1v) is 7.20. The Labute approximate surface area is 110 Å². The lowest BCUT2D eigenvalue weighted by Gasteiger charge is -2.13. The number of aryl methyl sites for hydroxylation is 1. The number of hydrogen-bond acceptors (Lipinski definition) is 5. The molecule has 2 atom stereocenters. The topological polar surface area (TPSA) is 73.0 Å². The molecule has 1 N–H and O–H groups in total. The molecule has 0 aromatic carbocycles. The maximum Gasteiger partial charge on any atom is 0.406 e. The summed E-state index contributed by atoms with van der Waals surface area (Å²) < 4.78 is 1.68. The third-order valence-electron chi connectivity index (χ3n) is 3.22. The van der Waals surface area contributed by atoms with Crippen LogP contribution in [-0.4, -0.2) is 31.5 Å². The number of nitro groups is 1. The lowest BCUT2D eigenvalue weighted by molar-refractivity contribution is -0.388. The molecule has 0 bridgehead atoms. The van der Waals surface area contributed by atoms with Crippen molar-refractivity contribution in [3.05, 3.63) is 16.4 Å². The zero-order valence-corrected chi connectivity index (χ0v) is 11.4. The van der Waals surface area contributed by atoms with Crippen LogP contribution >= 0.6 is 11.8 Å². The van der Waals surface area contributed by atoms with Crippen LogP contribution in [0.2, 0.25) is 0 Å². The highest BCUT2D eigenvalue weighted by Crippen LogP contribution is 2.33. The standard InChI is InChI=1S/C11H18N4O2S/c1-3-18-9-5-4-8(6-9)13-11-10(15(16)17)12-7-14(11)2/h7-9,13H,3-6H2,1-2H3. The fraction of sp³-hybridized carbons (Fsp3) is 0.727. The summed E-state index contributed by atoms with van der Waals surface area (Å²) >= 11 is 1.97. The molecule has 7 heteroatoms. The van der Waals surface area contributed by atoms with Gasteiger partial charge in [-0.05, 0) is 34.9 Å². The van der Waals surface area contributed by atoms with Crippen molar-refractivity contribution in [1.29, 1.82) is 0 Å². The number of thioether (sulfide) groups is 1. The fourth-order valence-corrected chi connectivity index (χ4v) is 3.51. The van der Waals surface area contributed by atoms with Gasteiger partial charge in [0.2, 0.25) is 12.1 Å². The summed E-state index contributed by atoms with van der Waals surface area (Å²) in [4.78, 5) is 14.2. The predicted molar refractivity (Wildman–Crippen MR) is 73.0 cm³/mol. The van der Waals surface area contributed by atoms with E-state index < -0.39 is 4.92 Å². The minimum Gasteiger partial charge on any atom is -0.362 e. The summed E-state index contributed by atoms with van der Waals surface area (Å²) in [6, 6.07) is 0.322. The first-order valence-electron chi connectivity index (χ1n) is 6.15. The summed E-state index contributed by atoms with van der Waals surface area (Å²) in [5.74, 6) is 1.57. The Morgan fingerprint density at radius 1 is 1.67 bits per heavy atom. The van der Waals surface area contributed by atoms with Crippen molar-refractivity contribution < 1.29 is 4.92 Å². The smallest absolute Gasteiger partial charge is 0.362 e. The van der Waals surface area contributed by atoms with E-state index in [9.17, 15) is 10.1 Å². The molecule has 100 valence electrons. The van der Waals surface area contributed by atoms with Crippen LogP contribution in [0.4, 0.5) is 11.6 Å². The average Bonchev–Trinajstić information content (AvgIpc) is 2.89. The quantitative estimate of drug-likeness (QED) is 0.657. The van der Waals surface area contributed by atoms with Gasteiger partial charge in [0.15, 0.2) is 0 Å². The Kier molecular flexibility index (Phi) is 4.11. The summed E-state index contributed by atoms with van der Waals surface area (Å²) in [5.41, 5.74) is 0. The Balaban J connectivity index is 2.02. The molecule has 1 aromatic rings. The molecule has 0 amide bonds. The van der Waals surface area contributed by atoms with Gasteiger partial charge in [0.1, 0.15) is 0 Å².